The van der Waals surface area contributed by atoms with Crippen molar-refractivity contribution in [2.45, 2.75) is 42.9 Å². The van der Waals surface area contributed by atoms with Gasteiger partial charge >= 0.3 is 0 Å². The van der Waals surface area contributed by atoms with Gasteiger partial charge in [-0.1, -0.05) is 0 Å². The molecule has 1 aliphatic rings. The van der Waals surface area contributed by atoms with Crippen LogP contribution >= 0.6 is 11.3 Å². The van der Waals surface area contributed by atoms with E-state index in [1.807, 2.05) is 0 Å². The SMILES string of the molecule is COC1CCCC1NS(=O)(=O)c1ccsc1CO. The number of hydrogen-bond donors (Lipinski definition) is 2. The molecule has 0 radical (unpaired) electrons. The van der Waals surface area contributed by atoms with Gasteiger partial charge in [0.15, 0.2) is 0 Å². The van der Waals surface area contributed by atoms with E-state index in [9.17, 15) is 8.42 Å². The lowest BCUT2D eigenvalue weighted by Crippen LogP contribution is -2.40. The fourth-order valence-corrected chi connectivity index (χ4v) is 4.88. The molecule has 0 amide bonds. The minimum absolute atomic E-state index is 0.0593. The molecule has 18 heavy (non-hydrogen) atoms. The fourth-order valence-electron chi connectivity index (χ4n) is 2.29. The molecule has 2 atom stereocenters. The maximum Gasteiger partial charge on any atom is 0.242 e. The minimum atomic E-state index is -3.57. The predicted octanol–water partition coefficient (Wildman–Crippen LogP) is 1.09. The molecule has 0 aliphatic heterocycles. The van der Waals surface area contributed by atoms with Crippen molar-refractivity contribution >= 4 is 21.4 Å². The molecule has 1 aliphatic carbocycles. The molecular weight excluding hydrogens is 274 g/mol. The summed E-state index contributed by atoms with van der Waals surface area (Å²) in [5.74, 6) is 0. The van der Waals surface area contributed by atoms with Gasteiger partial charge in [0, 0.05) is 18.0 Å². The molecule has 0 saturated heterocycles. The number of hydrogen-bond acceptors (Lipinski definition) is 5. The van der Waals surface area contributed by atoms with Crippen molar-refractivity contribution < 1.29 is 18.3 Å². The molecule has 2 N–H and O–H groups in total. The molecule has 0 bridgehead atoms. The predicted molar refractivity (Wildman–Crippen MR) is 69.0 cm³/mol. The number of rotatable bonds is 5. The van der Waals surface area contributed by atoms with Gasteiger partial charge in [0.1, 0.15) is 0 Å². The van der Waals surface area contributed by atoms with Crippen molar-refractivity contribution in [3.8, 4) is 0 Å². The lowest BCUT2D eigenvalue weighted by molar-refractivity contribution is 0.0916. The second-order valence-electron chi connectivity index (χ2n) is 4.30. The lowest BCUT2D eigenvalue weighted by atomic mass is 10.2. The van der Waals surface area contributed by atoms with E-state index in [2.05, 4.69) is 4.72 Å². The van der Waals surface area contributed by atoms with Gasteiger partial charge in [-0.3, -0.25) is 0 Å². The first kappa shape index (κ1) is 14.0. The Morgan fingerprint density at radius 2 is 2.33 bits per heavy atom. The van der Waals surface area contributed by atoms with Crippen molar-refractivity contribution in [3.05, 3.63) is 16.3 Å². The maximum absolute atomic E-state index is 12.2. The average molecular weight is 291 g/mol. The molecule has 1 heterocycles. The van der Waals surface area contributed by atoms with Gasteiger partial charge in [-0.15, -0.1) is 11.3 Å². The first-order valence-corrected chi connectivity index (χ1v) is 8.17. The summed E-state index contributed by atoms with van der Waals surface area (Å²) in [6, 6.07) is 1.35. The molecule has 2 unspecified atom stereocenters. The van der Waals surface area contributed by atoms with Gasteiger partial charge in [0.25, 0.3) is 0 Å². The third kappa shape index (κ3) is 2.75. The largest absolute Gasteiger partial charge is 0.391 e. The number of aliphatic hydroxyl groups is 1. The zero-order valence-corrected chi connectivity index (χ0v) is 11.8. The number of ether oxygens (including phenoxy) is 1. The molecule has 1 aromatic rings. The quantitative estimate of drug-likeness (QED) is 0.851. The zero-order chi connectivity index (χ0) is 13.2. The number of methoxy groups -OCH3 is 1. The fraction of sp³-hybridized carbons (Fsp3) is 0.636. The first-order valence-electron chi connectivity index (χ1n) is 5.81. The van der Waals surface area contributed by atoms with Crippen LogP contribution in [0.2, 0.25) is 0 Å². The van der Waals surface area contributed by atoms with Gasteiger partial charge in [-0.05, 0) is 30.7 Å². The van der Waals surface area contributed by atoms with Crippen molar-refractivity contribution in [1.29, 1.82) is 0 Å². The van der Waals surface area contributed by atoms with Crippen LogP contribution in [0.3, 0.4) is 0 Å². The minimum Gasteiger partial charge on any atom is -0.391 e. The second kappa shape index (κ2) is 5.66. The molecule has 1 fully saturated rings. The van der Waals surface area contributed by atoms with Crippen LogP contribution in [-0.4, -0.2) is 32.8 Å². The molecule has 5 nitrogen and oxygen atoms in total. The third-order valence-corrected chi connectivity index (χ3v) is 5.81. The Morgan fingerprint density at radius 3 is 3.00 bits per heavy atom. The van der Waals surface area contributed by atoms with Gasteiger partial charge in [-0.2, -0.15) is 0 Å². The van der Waals surface area contributed by atoms with E-state index in [0.717, 1.165) is 19.3 Å². The van der Waals surface area contributed by atoms with Crippen molar-refractivity contribution in [2.24, 2.45) is 0 Å². The Balaban J connectivity index is 2.17. The van der Waals surface area contributed by atoms with E-state index in [-0.39, 0.29) is 23.6 Å². The smallest absolute Gasteiger partial charge is 0.242 e. The average Bonchev–Trinajstić information content (AvgIpc) is 2.95. The third-order valence-electron chi connectivity index (χ3n) is 3.20. The van der Waals surface area contributed by atoms with Crippen LogP contribution in [0.25, 0.3) is 0 Å². The second-order valence-corrected chi connectivity index (χ2v) is 6.98. The van der Waals surface area contributed by atoms with Crippen LogP contribution in [0.5, 0.6) is 0 Å². The van der Waals surface area contributed by atoms with E-state index in [4.69, 9.17) is 9.84 Å². The van der Waals surface area contributed by atoms with E-state index in [1.165, 1.54) is 17.4 Å². The Kier molecular flexibility index (Phi) is 4.39. The van der Waals surface area contributed by atoms with Crippen molar-refractivity contribution in [3.63, 3.8) is 0 Å². The summed E-state index contributed by atoms with van der Waals surface area (Å²) in [7, 11) is -1.97. The number of thiophene rings is 1. The first-order chi connectivity index (χ1) is 8.58. The van der Waals surface area contributed by atoms with Crippen LogP contribution < -0.4 is 4.72 Å². The highest BCUT2D eigenvalue weighted by atomic mass is 32.2. The van der Waals surface area contributed by atoms with Crippen LogP contribution in [-0.2, 0) is 21.4 Å². The summed E-state index contributed by atoms with van der Waals surface area (Å²) >= 11 is 1.24. The van der Waals surface area contributed by atoms with Crippen molar-refractivity contribution in [2.75, 3.05) is 7.11 Å². The Bertz CT molecular complexity index is 497. The van der Waals surface area contributed by atoms with Crippen LogP contribution in [0, 0.1) is 0 Å². The van der Waals surface area contributed by atoms with Crippen LogP contribution in [0.15, 0.2) is 16.3 Å². The highest BCUT2D eigenvalue weighted by Crippen LogP contribution is 2.26. The van der Waals surface area contributed by atoms with Gasteiger partial charge in [0.05, 0.1) is 17.6 Å². The maximum atomic E-state index is 12.2. The standard InChI is InChI=1S/C11H17NO4S2/c1-16-9-4-2-3-8(9)12-18(14,15)11-5-6-17-10(11)7-13/h5-6,8-9,12-13H,2-4,7H2,1H3. The molecular formula is C11H17NO4S2. The zero-order valence-electron chi connectivity index (χ0n) is 10.1. The summed E-state index contributed by atoms with van der Waals surface area (Å²) in [5.41, 5.74) is 0. The lowest BCUT2D eigenvalue weighted by Gasteiger charge is -2.19. The number of aliphatic hydroxyl groups excluding tert-OH is 1. The molecule has 1 saturated carbocycles. The summed E-state index contributed by atoms with van der Waals surface area (Å²) < 4.78 is 32.4. The van der Waals surface area contributed by atoms with E-state index >= 15 is 0 Å². The van der Waals surface area contributed by atoms with Crippen molar-refractivity contribution in [1.82, 2.24) is 4.72 Å². The van der Waals surface area contributed by atoms with Gasteiger partial charge in [0.2, 0.25) is 10.0 Å². The van der Waals surface area contributed by atoms with E-state index in [0.29, 0.717) is 4.88 Å². The molecule has 7 heteroatoms. The van der Waals surface area contributed by atoms with Crippen LogP contribution in [0.1, 0.15) is 24.1 Å². The van der Waals surface area contributed by atoms with E-state index < -0.39 is 10.0 Å². The summed E-state index contributed by atoms with van der Waals surface area (Å²) in [5, 5.41) is 10.8. The summed E-state index contributed by atoms with van der Waals surface area (Å²) in [4.78, 5) is 0.645. The Morgan fingerprint density at radius 1 is 1.56 bits per heavy atom. The monoisotopic (exact) mass is 291 g/mol. The summed E-state index contributed by atoms with van der Waals surface area (Å²) in [6.07, 6.45) is 2.56. The molecule has 1 aromatic heterocycles. The highest BCUT2D eigenvalue weighted by Gasteiger charge is 2.32. The normalized spacial score (nSPS) is 24.6. The highest BCUT2D eigenvalue weighted by molar-refractivity contribution is 7.89. The van der Waals surface area contributed by atoms with Gasteiger partial charge < -0.3 is 9.84 Å². The van der Waals surface area contributed by atoms with Crippen LogP contribution in [0.4, 0.5) is 0 Å². The van der Waals surface area contributed by atoms with Gasteiger partial charge in [-0.25, -0.2) is 13.1 Å². The van der Waals surface area contributed by atoms with E-state index in [1.54, 1.807) is 12.5 Å². The number of nitrogens with one attached hydrogen (secondary N) is 1. The Labute approximate surface area is 111 Å². The number of sulfonamides is 1. The molecule has 0 aromatic carbocycles. The molecule has 102 valence electrons. The molecule has 2 rings (SSSR count). The Hall–Kier alpha value is -0.470. The topological polar surface area (TPSA) is 75.6 Å². The molecule has 0 spiro atoms. The summed E-state index contributed by atoms with van der Waals surface area (Å²) in [6.45, 7) is -0.258.